The van der Waals surface area contributed by atoms with Crippen molar-refractivity contribution < 1.29 is 14.3 Å². The molecule has 1 saturated heterocycles. The maximum atomic E-state index is 12.8. The number of urea groups is 1. The average Bonchev–Trinajstić information content (AvgIpc) is 3.28. The number of benzene rings is 3. The minimum Gasteiger partial charge on any atom is -0.378 e. The number of hydrogen-bond acceptors (Lipinski definition) is 6. The summed E-state index contributed by atoms with van der Waals surface area (Å²) >= 11 is 1.32. The Hall–Kier alpha value is -3.95. The number of thiazole rings is 1. The Morgan fingerprint density at radius 3 is 2.53 bits per heavy atom. The summed E-state index contributed by atoms with van der Waals surface area (Å²) in [5.41, 5.74) is 5.86. The van der Waals surface area contributed by atoms with Crippen LogP contribution in [0, 0.1) is 13.8 Å². The predicted molar refractivity (Wildman–Crippen MR) is 146 cm³/mol. The first kappa shape index (κ1) is 23.8. The van der Waals surface area contributed by atoms with Crippen molar-refractivity contribution in [2.24, 2.45) is 0 Å². The van der Waals surface area contributed by atoms with Crippen LogP contribution in [-0.2, 0) is 4.74 Å². The van der Waals surface area contributed by atoms with Gasteiger partial charge < -0.3 is 20.3 Å². The van der Waals surface area contributed by atoms with Crippen LogP contribution >= 0.6 is 11.3 Å². The first-order valence-electron chi connectivity index (χ1n) is 11.8. The van der Waals surface area contributed by atoms with Crippen LogP contribution in [0.1, 0.15) is 21.5 Å². The summed E-state index contributed by atoms with van der Waals surface area (Å²) in [4.78, 5) is 32.3. The molecule has 8 nitrogen and oxygen atoms in total. The monoisotopic (exact) mass is 501 g/mol. The fourth-order valence-electron chi connectivity index (χ4n) is 4.18. The summed E-state index contributed by atoms with van der Waals surface area (Å²) in [6, 6.07) is 18.6. The number of ether oxygens (including phenoxy) is 1. The second-order valence-corrected chi connectivity index (χ2v) is 9.70. The smallest absolute Gasteiger partial charge is 0.325 e. The van der Waals surface area contributed by atoms with E-state index < -0.39 is 0 Å². The molecule has 0 radical (unpaired) electrons. The highest BCUT2D eigenvalue weighted by Crippen LogP contribution is 2.29. The first-order valence-corrected chi connectivity index (χ1v) is 12.6. The standard InChI is InChI=1S/C27H27N5O3S/c1-17-7-9-20(18(2)15-17)28-25(33)19-8-10-22-24(16-19)36-27(30-22)31-26(34)29-21-5-3-4-6-23(21)32-11-13-35-14-12-32/h3-10,15-16H,11-14H2,1-2H3,(H,28,33)(H2,29,30,31,34). The summed E-state index contributed by atoms with van der Waals surface area (Å²) in [5.74, 6) is -0.191. The number of hydrogen-bond donors (Lipinski definition) is 3. The number of para-hydroxylation sites is 2. The maximum Gasteiger partial charge on any atom is 0.325 e. The predicted octanol–water partition coefficient (Wildman–Crippen LogP) is 5.65. The second kappa shape index (κ2) is 10.3. The molecule has 0 atom stereocenters. The number of carbonyl (C=O) groups is 2. The molecule has 4 aromatic rings. The van der Waals surface area contributed by atoms with E-state index in [4.69, 9.17) is 4.74 Å². The SMILES string of the molecule is Cc1ccc(NC(=O)c2ccc3nc(NC(=O)Nc4ccccc4N4CCOCC4)sc3c2)c(C)c1. The van der Waals surface area contributed by atoms with E-state index in [0.29, 0.717) is 29.4 Å². The van der Waals surface area contributed by atoms with Crippen LogP contribution in [0.25, 0.3) is 10.2 Å². The van der Waals surface area contributed by atoms with Gasteiger partial charge in [0, 0.05) is 24.3 Å². The number of anilines is 4. The summed E-state index contributed by atoms with van der Waals surface area (Å²) in [5, 5.41) is 9.19. The molecule has 3 N–H and O–H groups in total. The Kier molecular flexibility index (Phi) is 6.84. The van der Waals surface area contributed by atoms with E-state index in [1.54, 1.807) is 18.2 Å². The van der Waals surface area contributed by atoms with Crippen LogP contribution in [-0.4, -0.2) is 43.2 Å². The molecule has 5 rings (SSSR count). The zero-order valence-corrected chi connectivity index (χ0v) is 20.9. The molecule has 9 heteroatoms. The van der Waals surface area contributed by atoms with E-state index in [-0.39, 0.29) is 11.9 Å². The number of nitrogens with one attached hydrogen (secondary N) is 3. The highest BCUT2D eigenvalue weighted by Gasteiger charge is 2.17. The number of rotatable bonds is 5. The van der Waals surface area contributed by atoms with Gasteiger partial charge in [0.15, 0.2) is 5.13 Å². The zero-order valence-electron chi connectivity index (χ0n) is 20.1. The van der Waals surface area contributed by atoms with Gasteiger partial charge in [0.25, 0.3) is 5.91 Å². The minimum atomic E-state index is -0.373. The lowest BCUT2D eigenvalue weighted by Crippen LogP contribution is -2.36. The van der Waals surface area contributed by atoms with Crippen molar-refractivity contribution >= 4 is 55.7 Å². The maximum absolute atomic E-state index is 12.8. The molecule has 0 spiro atoms. The lowest BCUT2D eigenvalue weighted by atomic mass is 10.1. The number of aryl methyl sites for hydroxylation is 2. The van der Waals surface area contributed by atoms with Crippen molar-refractivity contribution in [2.45, 2.75) is 13.8 Å². The molecule has 1 aliphatic rings. The van der Waals surface area contributed by atoms with Crippen LogP contribution in [0.2, 0.25) is 0 Å². The molecule has 3 amide bonds. The molecular formula is C27H27N5O3S. The Labute approximate surface area is 213 Å². The second-order valence-electron chi connectivity index (χ2n) is 8.67. The van der Waals surface area contributed by atoms with Crippen LogP contribution in [0.4, 0.5) is 27.0 Å². The Bertz CT molecular complexity index is 1430. The average molecular weight is 502 g/mol. The van der Waals surface area contributed by atoms with E-state index in [2.05, 4.69) is 25.8 Å². The number of amides is 3. The van der Waals surface area contributed by atoms with Crippen molar-refractivity contribution in [3.63, 3.8) is 0 Å². The van der Waals surface area contributed by atoms with E-state index in [9.17, 15) is 9.59 Å². The number of nitrogens with zero attached hydrogens (tertiary/aromatic N) is 2. The number of carbonyl (C=O) groups excluding carboxylic acids is 2. The van der Waals surface area contributed by atoms with E-state index in [0.717, 1.165) is 46.0 Å². The summed E-state index contributed by atoms with van der Waals surface area (Å²) in [7, 11) is 0. The van der Waals surface area contributed by atoms with Gasteiger partial charge in [-0.15, -0.1) is 0 Å². The fraction of sp³-hybridized carbons (Fsp3) is 0.222. The molecule has 1 aliphatic heterocycles. The van der Waals surface area contributed by atoms with Gasteiger partial charge in [-0.2, -0.15) is 0 Å². The lowest BCUT2D eigenvalue weighted by Gasteiger charge is -2.30. The molecule has 0 bridgehead atoms. The Balaban J connectivity index is 1.27. The molecule has 1 aromatic heterocycles. The van der Waals surface area contributed by atoms with Gasteiger partial charge in [0.05, 0.1) is 34.8 Å². The molecule has 0 aliphatic carbocycles. The van der Waals surface area contributed by atoms with Gasteiger partial charge in [0.1, 0.15) is 0 Å². The topological polar surface area (TPSA) is 95.6 Å². The van der Waals surface area contributed by atoms with Crippen molar-refractivity contribution in [2.75, 3.05) is 47.2 Å². The highest BCUT2D eigenvalue weighted by molar-refractivity contribution is 7.22. The number of morpholine rings is 1. The third kappa shape index (κ3) is 5.32. The molecule has 2 heterocycles. The van der Waals surface area contributed by atoms with Crippen molar-refractivity contribution in [3.8, 4) is 0 Å². The molecule has 1 fully saturated rings. The Morgan fingerprint density at radius 1 is 0.917 bits per heavy atom. The van der Waals surface area contributed by atoms with Crippen molar-refractivity contribution in [1.82, 2.24) is 4.98 Å². The van der Waals surface area contributed by atoms with E-state index in [1.165, 1.54) is 11.3 Å². The van der Waals surface area contributed by atoms with Crippen LogP contribution < -0.4 is 20.9 Å². The quantitative estimate of drug-likeness (QED) is 0.329. The van der Waals surface area contributed by atoms with Crippen molar-refractivity contribution in [3.05, 3.63) is 77.4 Å². The molecule has 36 heavy (non-hydrogen) atoms. The fourth-order valence-corrected chi connectivity index (χ4v) is 5.08. The van der Waals surface area contributed by atoms with E-state index in [1.807, 2.05) is 56.3 Å². The lowest BCUT2D eigenvalue weighted by molar-refractivity contribution is 0.102. The van der Waals surface area contributed by atoms with Crippen LogP contribution in [0.3, 0.4) is 0 Å². The van der Waals surface area contributed by atoms with Gasteiger partial charge in [-0.3, -0.25) is 10.1 Å². The third-order valence-corrected chi connectivity index (χ3v) is 6.94. The Morgan fingerprint density at radius 2 is 1.72 bits per heavy atom. The van der Waals surface area contributed by atoms with E-state index >= 15 is 0 Å². The number of aromatic nitrogens is 1. The molecule has 0 saturated carbocycles. The minimum absolute atomic E-state index is 0.191. The summed E-state index contributed by atoms with van der Waals surface area (Å²) in [6.45, 7) is 6.87. The van der Waals surface area contributed by atoms with Crippen LogP contribution in [0.15, 0.2) is 60.7 Å². The van der Waals surface area contributed by atoms with Gasteiger partial charge >= 0.3 is 6.03 Å². The van der Waals surface area contributed by atoms with Gasteiger partial charge in [-0.05, 0) is 55.8 Å². The third-order valence-electron chi connectivity index (χ3n) is 6.01. The summed E-state index contributed by atoms with van der Waals surface area (Å²) < 4.78 is 6.25. The molecule has 0 unspecified atom stereocenters. The first-order chi connectivity index (χ1) is 17.5. The van der Waals surface area contributed by atoms with Crippen LogP contribution in [0.5, 0.6) is 0 Å². The zero-order chi connectivity index (χ0) is 25.1. The van der Waals surface area contributed by atoms with Gasteiger partial charge in [-0.1, -0.05) is 41.2 Å². The highest BCUT2D eigenvalue weighted by atomic mass is 32.1. The normalized spacial score (nSPS) is 13.4. The van der Waals surface area contributed by atoms with Crippen molar-refractivity contribution in [1.29, 1.82) is 0 Å². The summed E-state index contributed by atoms with van der Waals surface area (Å²) in [6.07, 6.45) is 0. The molecule has 3 aromatic carbocycles. The van der Waals surface area contributed by atoms with Gasteiger partial charge in [0.2, 0.25) is 0 Å². The number of fused-ring (bicyclic) bond motifs is 1. The van der Waals surface area contributed by atoms with Gasteiger partial charge in [-0.25, -0.2) is 9.78 Å². The molecular weight excluding hydrogens is 474 g/mol. The largest absolute Gasteiger partial charge is 0.378 e. The molecule has 184 valence electrons.